The minimum absolute atomic E-state index is 0.116. The van der Waals surface area contributed by atoms with Gasteiger partial charge < -0.3 is 5.32 Å². The van der Waals surface area contributed by atoms with Crippen LogP contribution in [0.3, 0.4) is 0 Å². The molecule has 2 aromatic carbocycles. The molecule has 0 radical (unpaired) electrons. The fraction of sp³-hybridized carbons (Fsp3) is 0.136. The van der Waals surface area contributed by atoms with E-state index in [1.165, 1.54) is 0 Å². The standard InChI is InChI=1S/C22H17N7O/c1-12-8-9-15-17(10-12)26-27-18(15)19-13(2)16(11-23)21-25-20(28-29(19)21)22(30)24-14-6-4-3-5-7-14/h3-10,18H,1-2H3,(H,24,30)(H,25,28). The maximum absolute atomic E-state index is 12.7. The van der Waals surface area contributed by atoms with Crippen molar-refractivity contribution in [1.82, 2.24) is 14.6 Å². The molecular formula is C22H17N7O. The third-order valence-electron chi connectivity index (χ3n) is 5.25. The smallest absolute Gasteiger partial charge is 0.292 e. The van der Waals surface area contributed by atoms with Crippen molar-refractivity contribution in [2.45, 2.75) is 19.9 Å². The highest BCUT2D eigenvalue weighted by Gasteiger charge is 2.31. The van der Waals surface area contributed by atoms with Crippen molar-refractivity contribution in [3.05, 3.63) is 82.3 Å². The second-order valence-electron chi connectivity index (χ2n) is 7.23. The van der Waals surface area contributed by atoms with E-state index in [1.807, 2.05) is 50.2 Å². The summed E-state index contributed by atoms with van der Waals surface area (Å²) in [5, 5.41) is 24.3. The van der Waals surface area contributed by atoms with Gasteiger partial charge in [-0.05, 0) is 43.2 Å². The molecule has 0 bridgehead atoms. The summed E-state index contributed by atoms with van der Waals surface area (Å²) >= 11 is 0. The van der Waals surface area contributed by atoms with Crippen LogP contribution in [0.2, 0.25) is 0 Å². The number of hydrogen-bond donors (Lipinski definition) is 2. The van der Waals surface area contributed by atoms with Crippen LogP contribution in [-0.4, -0.2) is 20.5 Å². The van der Waals surface area contributed by atoms with Gasteiger partial charge in [0.05, 0.1) is 11.4 Å². The summed E-state index contributed by atoms with van der Waals surface area (Å²) in [6.07, 6.45) is 0. The lowest BCUT2D eigenvalue weighted by Crippen LogP contribution is -2.14. The molecule has 2 N–H and O–H groups in total. The van der Waals surface area contributed by atoms with Crippen LogP contribution in [0, 0.1) is 25.2 Å². The van der Waals surface area contributed by atoms with E-state index in [2.05, 4.69) is 31.7 Å². The van der Waals surface area contributed by atoms with Crippen molar-refractivity contribution in [1.29, 1.82) is 5.26 Å². The molecule has 2 aromatic heterocycles. The van der Waals surface area contributed by atoms with Crippen LogP contribution < -0.4 is 5.32 Å². The zero-order valence-corrected chi connectivity index (χ0v) is 16.3. The molecular weight excluding hydrogens is 378 g/mol. The summed E-state index contributed by atoms with van der Waals surface area (Å²) in [4.78, 5) is 17.1. The van der Waals surface area contributed by atoms with Gasteiger partial charge in [0, 0.05) is 11.3 Å². The van der Waals surface area contributed by atoms with Crippen molar-refractivity contribution in [3.8, 4) is 6.07 Å². The lowest BCUT2D eigenvalue weighted by atomic mass is 9.99. The van der Waals surface area contributed by atoms with E-state index < -0.39 is 0 Å². The Balaban J connectivity index is 1.60. The Morgan fingerprint density at radius 1 is 1.20 bits per heavy atom. The molecule has 1 aliphatic heterocycles. The van der Waals surface area contributed by atoms with Gasteiger partial charge in [-0.2, -0.15) is 15.5 Å². The van der Waals surface area contributed by atoms with Crippen LogP contribution in [0.4, 0.5) is 11.4 Å². The summed E-state index contributed by atoms with van der Waals surface area (Å²) in [7, 11) is 0. The average molecular weight is 395 g/mol. The molecule has 0 aliphatic carbocycles. The third kappa shape index (κ3) is 2.68. The Hall–Kier alpha value is -4.25. The quantitative estimate of drug-likeness (QED) is 0.529. The summed E-state index contributed by atoms with van der Waals surface area (Å²) in [6, 6.07) is 17.0. The molecule has 1 aliphatic rings. The number of benzene rings is 2. The Labute approximate surface area is 171 Å². The van der Waals surface area contributed by atoms with E-state index in [4.69, 9.17) is 0 Å². The largest absolute Gasteiger partial charge is 0.319 e. The fourth-order valence-corrected chi connectivity index (χ4v) is 3.78. The van der Waals surface area contributed by atoms with Crippen molar-refractivity contribution in [2.24, 2.45) is 10.2 Å². The van der Waals surface area contributed by atoms with Crippen LogP contribution >= 0.6 is 0 Å². The zero-order chi connectivity index (χ0) is 20.8. The second kappa shape index (κ2) is 6.67. The van der Waals surface area contributed by atoms with E-state index in [-0.39, 0.29) is 17.8 Å². The number of fused-ring (bicyclic) bond motifs is 2. The molecule has 0 saturated carbocycles. The lowest BCUT2D eigenvalue weighted by Gasteiger charge is -2.09. The number of carbonyl (C=O) groups is 1. The SMILES string of the molecule is Cc1ccc2c(c1)N=NC2c1c(C)c(C#N)c2nc(C(=O)Nc3ccccc3)[nH]n12. The highest BCUT2D eigenvalue weighted by molar-refractivity contribution is 6.02. The van der Waals surface area contributed by atoms with Gasteiger partial charge in [0.2, 0.25) is 5.82 Å². The van der Waals surface area contributed by atoms with Crippen LogP contribution in [-0.2, 0) is 0 Å². The number of amides is 1. The number of nitriles is 1. The molecule has 1 amide bonds. The molecule has 8 nitrogen and oxygen atoms in total. The number of rotatable bonds is 3. The molecule has 0 saturated heterocycles. The number of carbonyl (C=O) groups excluding carboxylic acids is 1. The first kappa shape index (κ1) is 17.8. The number of nitrogens with zero attached hydrogens (tertiary/aromatic N) is 5. The van der Waals surface area contributed by atoms with Crippen molar-refractivity contribution < 1.29 is 4.79 Å². The van der Waals surface area contributed by atoms with Gasteiger partial charge in [-0.25, -0.2) is 9.50 Å². The highest BCUT2D eigenvalue weighted by atomic mass is 16.2. The first-order chi connectivity index (χ1) is 14.6. The number of nitrogens with one attached hydrogen (secondary N) is 2. The number of anilines is 1. The molecule has 8 heteroatoms. The van der Waals surface area contributed by atoms with Gasteiger partial charge in [-0.1, -0.05) is 30.3 Å². The van der Waals surface area contributed by atoms with Crippen molar-refractivity contribution >= 4 is 22.9 Å². The highest BCUT2D eigenvalue weighted by Crippen LogP contribution is 2.42. The number of aromatic nitrogens is 3. The summed E-state index contributed by atoms with van der Waals surface area (Å²) in [5.74, 6) is -0.271. The van der Waals surface area contributed by atoms with Gasteiger partial charge in [0.1, 0.15) is 17.7 Å². The van der Waals surface area contributed by atoms with E-state index in [0.717, 1.165) is 28.1 Å². The number of azo groups is 1. The Morgan fingerprint density at radius 2 is 2.00 bits per heavy atom. The van der Waals surface area contributed by atoms with Crippen LogP contribution in [0.15, 0.2) is 58.8 Å². The van der Waals surface area contributed by atoms with Crippen LogP contribution in [0.25, 0.3) is 5.65 Å². The average Bonchev–Trinajstić information content (AvgIpc) is 3.40. The van der Waals surface area contributed by atoms with E-state index in [9.17, 15) is 10.1 Å². The van der Waals surface area contributed by atoms with E-state index in [1.54, 1.807) is 16.6 Å². The molecule has 1 unspecified atom stereocenters. The van der Waals surface area contributed by atoms with Crippen LogP contribution in [0.5, 0.6) is 0 Å². The number of H-pyrrole nitrogens is 1. The topological polar surface area (TPSA) is 111 Å². The molecule has 5 rings (SSSR count). The molecule has 4 aromatic rings. The molecule has 30 heavy (non-hydrogen) atoms. The maximum Gasteiger partial charge on any atom is 0.292 e. The monoisotopic (exact) mass is 395 g/mol. The second-order valence-corrected chi connectivity index (χ2v) is 7.23. The Bertz CT molecular complexity index is 1370. The minimum atomic E-state index is -0.388. The first-order valence-electron chi connectivity index (χ1n) is 9.45. The number of para-hydroxylation sites is 1. The van der Waals surface area contributed by atoms with Gasteiger partial charge in [0.25, 0.3) is 5.91 Å². The van der Waals surface area contributed by atoms with E-state index >= 15 is 0 Å². The van der Waals surface area contributed by atoms with Gasteiger partial charge in [-0.15, -0.1) is 0 Å². The molecule has 146 valence electrons. The number of aryl methyl sites for hydroxylation is 1. The van der Waals surface area contributed by atoms with Crippen molar-refractivity contribution in [3.63, 3.8) is 0 Å². The molecule has 1 atom stereocenters. The van der Waals surface area contributed by atoms with Crippen molar-refractivity contribution in [2.75, 3.05) is 5.32 Å². The predicted octanol–water partition coefficient (Wildman–Crippen LogP) is 4.59. The molecule has 0 spiro atoms. The predicted molar refractivity (Wildman–Crippen MR) is 111 cm³/mol. The lowest BCUT2D eigenvalue weighted by molar-refractivity contribution is 0.101. The Kier molecular flexibility index (Phi) is 3.96. The van der Waals surface area contributed by atoms with E-state index in [0.29, 0.717) is 16.9 Å². The number of hydrogen-bond acceptors (Lipinski definition) is 5. The van der Waals surface area contributed by atoms with Gasteiger partial charge in [-0.3, -0.25) is 9.89 Å². The van der Waals surface area contributed by atoms with Gasteiger partial charge in [0.15, 0.2) is 5.65 Å². The first-order valence-corrected chi connectivity index (χ1v) is 9.45. The third-order valence-corrected chi connectivity index (χ3v) is 5.25. The normalized spacial score (nSPS) is 14.6. The molecule has 0 fully saturated rings. The fourth-order valence-electron chi connectivity index (χ4n) is 3.78. The number of aromatic amines is 1. The van der Waals surface area contributed by atoms with Gasteiger partial charge >= 0.3 is 0 Å². The molecule has 3 heterocycles. The minimum Gasteiger partial charge on any atom is -0.319 e. The van der Waals surface area contributed by atoms with Crippen LogP contribution in [0.1, 0.15) is 44.6 Å². The zero-order valence-electron chi connectivity index (χ0n) is 16.3. The summed E-state index contributed by atoms with van der Waals surface area (Å²) < 4.78 is 1.67. The Morgan fingerprint density at radius 3 is 2.77 bits per heavy atom. The maximum atomic E-state index is 12.7. The summed E-state index contributed by atoms with van der Waals surface area (Å²) in [6.45, 7) is 3.87. The summed E-state index contributed by atoms with van der Waals surface area (Å²) in [5.41, 5.74) is 5.86.